The van der Waals surface area contributed by atoms with Gasteiger partial charge < -0.3 is 19.5 Å². The van der Waals surface area contributed by atoms with Crippen molar-refractivity contribution in [1.29, 1.82) is 0 Å². The molecule has 3 aromatic rings. The lowest BCUT2D eigenvalue weighted by Gasteiger charge is -2.37. The van der Waals surface area contributed by atoms with Crippen molar-refractivity contribution in [2.24, 2.45) is 5.92 Å². The minimum Gasteiger partial charge on any atom is -0.507 e. The number of phenols is 1. The summed E-state index contributed by atoms with van der Waals surface area (Å²) < 4.78 is 20.5. The molecule has 1 atom stereocenters. The first-order chi connectivity index (χ1) is 15.1. The van der Waals surface area contributed by atoms with Crippen LogP contribution in [0.5, 0.6) is 5.75 Å². The fourth-order valence-electron chi connectivity index (χ4n) is 4.78. The van der Waals surface area contributed by atoms with Crippen molar-refractivity contribution in [3.63, 3.8) is 0 Å². The van der Waals surface area contributed by atoms with Gasteiger partial charge in [-0.1, -0.05) is 12.1 Å². The number of fused-ring (bicyclic) bond motifs is 1. The van der Waals surface area contributed by atoms with Gasteiger partial charge in [0, 0.05) is 29.7 Å². The molecule has 32 heavy (non-hydrogen) atoms. The van der Waals surface area contributed by atoms with Gasteiger partial charge in [-0.2, -0.15) is 0 Å². The lowest BCUT2D eigenvalue weighted by molar-refractivity contribution is -0.0224. The molecule has 166 valence electrons. The molecule has 0 bridgehead atoms. The number of hydrogen-bond donors (Lipinski definition) is 2. The molecule has 2 heterocycles. The molecule has 1 amide bonds. The zero-order chi connectivity index (χ0) is 22.8. The number of aliphatic hydroxyl groups is 1. The standard InChI is InChI=1S/C24H24FN3O4/c1-12-26-27-22(32-12)15-8-4-13(5-9-15)19-17(25)10-18(29)16-11-28(23(30)20(16)19)21(14-6-7-14)24(2,3)31/h4-5,8-10,14,21,29,31H,6-7,11H2,1-3H3. The highest BCUT2D eigenvalue weighted by molar-refractivity contribution is 6.05. The monoisotopic (exact) mass is 437 g/mol. The molecule has 5 rings (SSSR count). The zero-order valence-corrected chi connectivity index (χ0v) is 18.1. The summed E-state index contributed by atoms with van der Waals surface area (Å²) in [6, 6.07) is 7.48. The van der Waals surface area contributed by atoms with E-state index >= 15 is 4.39 Å². The average molecular weight is 437 g/mol. The first kappa shape index (κ1) is 20.6. The largest absolute Gasteiger partial charge is 0.507 e. The number of phenolic OH excluding ortho intramolecular Hbond substituents is 1. The normalized spacial score (nSPS) is 17.0. The Morgan fingerprint density at radius 2 is 1.81 bits per heavy atom. The van der Waals surface area contributed by atoms with Crippen LogP contribution in [0.3, 0.4) is 0 Å². The van der Waals surface area contributed by atoms with Crippen LogP contribution in [0.2, 0.25) is 0 Å². The summed E-state index contributed by atoms with van der Waals surface area (Å²) in [5.74, 6) is -0.315. The van der Waals surface area contributed by atoms with E-state index in [0.29, 0.717) is 28.5 Å². The minimum atomic E-state index is -1.11. The van der Waals surface area contributed by atoms with Crippen molar-refractivity contribution in [2.75, 3.05) is 0 Å². The number of rotatable bonds is 5. The molecule has 1 aromatic heterocycles. The number of halogens is 1. The number of aromatic nitrogens is 2. The average Bonchev–Trinajstić information content (AvgIpc) is 3.36. The van der Waals surface area contributed by atoms with Gasteiger partial charge in [0.25, 0.3) is 5.91 Å². The van der Waals surface area contributed by atoms with Crippen LogP contribution in [0.1, 0.15) is 48.5 Å². The summed E-state index contributed by atoms with van der Waals surface area (Å²) in [4.78, 5) is 15.1. The van der Waals surface area contributed by atoms with E-state index < -0.39 is 17.5 Å². The third-order valence-electron chi connectivity index (χ3n) is 6.24. The number of carbonyl (C=O) groups excluding carboxylic acids is 1. The molecule has 1 unspecified atom stereocenters. The molecule has 2 N–H and O–H groups in total. The molecule has 0 radical (unpaired) electrons. The maximum atomic E-state index is 15.1. The van der Waals surface area contributed by atoms with Gasteiger partial charge in [-0.3, -0.25) is 4.79 Å². The molecule has 0 spiro atoms. The number of aromatic hydroxyl groups is 1. The van der Waals surface area contributed by atoms with E-state index in [0.717, 1.165) is 18.9 Å². The molecule has 7 nitrogen and oxygen atoms in total. The van der Waals surface area contributed by atoms with Crippen LogP contribution in [0.25, 0.3) is 22.6 Å². The number of carbonyl (C=O) groups is 1. The van der Waals surface area contributed by atoms with Crippen LogP contribution >= 0.6 is 0 Å². The van der Waals surface area contributed by atoms with Gasteiger partial charge in [0.1, 0.15) is 11.6 Å². The second-order valence-corrected chi connectivity index (χ2v) is 9.18. The number of hydrogen-bond acceptors (Lipinski definition) is 6. The molecule has 0 saturated heterocycles. The van der Waals surface area contributed by atoms with E-state index in [2.05, 4.69) is 10.2 Å². The number of amides is 1. The summed E-state index contributed by atoms with van der Waals surface area (Å²) in [6.07, 6.45) is 1.86. The molecule has 1 aliphatic carbocycles. The van der Waals surface area contributed by atoms with Crippen molar-refractivity contribution in [3.05, 3.63) is 53.2 Å². The second kappa shape index (κ2) is 7.13. The summed E-state index contributed by atoms with van der Waals surface area (Å²) >= 11 is 0. The fourth-order valence-corrected chi connectivity index (χ4v) is 4.78. The lowest BCUT2D eigenvalue weighted by atomic mass is 9.92. The predicted octanol–water partition coefficient (Wildman–Crippen LogP) is 4.06. The predicted molar refractivity (Wildman–Crippen MR) is 114 cm³/mol. The SMILES string of the molecule is Cc1nnc(-c2ccc(-c3c(F)cc(O)c4c3C(=O)N(C(C3CC3)C(C)(C)O)C4)cc2)o1. The van der Waals surface area contributed by atoms with Crippen LogP contribution in [-0.2, 0) is 6.54 Å². The van der Waals surface area contributed by atoms with Crippen molar-refractivity contribution < 1.29 is 23.8 Å². The first-order valence-electron chi connectivity index (χ1n) is 10.6. The Balaban J connectivity index is 1.57. The molecule has 1 fully saturated rings. The third kappa shape index (κ3) is 3.35. The van der Waals surface area contributed by atoms with Gasteiger partial charge in [-0.15, -0.1) is 10.2 Å². The Morgan fingerprint density at radius 3 is 2.38 bits per heavy atom. The summed E-state index contributed by atoms with van der Waals surface area (Å²) in [6.45, 7) is 5.20. The highest BCUT2D eigenvalue weighted by Gasteiger charge is 2.49. The van der Waals surface area contributed by atoms with Crippen LogP contribution < -0.4 is 0 Å². The molecular weight excluding hydrogens is 413 g/mol. The van der Waals surface area contributed by atoms with Gasteiger partial charge in [0.2, 0.25) is 11.8 Å². The summed E-state index contributed by atoms with van der Waals surface area (Å²) in [5, 5.41) is 29.0. The topological polar surface area (TPSA) is 99.7 Å². The van der Waals surface area contributed by atoms with Gasteiger partial charge in [-0.25, -0.2) is 4.39 Å². The Labute approximate surface area is 184 Å². The molecule has 8 heteroatoms. The number of aryl methyl sites for hydroxylation is 1. The molecule has 2 aliphatic rings. The van der Waals surface area contributed by atoms with E-state index in [1.54, 1.807) is 49.9 Å². The van der Waals surface area contributed by atoms with E-state index in [9.17, 15) is 15.0 Å². The van der Waals surface area contributed by atoms with E-state index in [4.69, 9.17) is 4.42 Å². The Bertz CT molecular complexity index is 1210. The van der Waals surface area contributed by atoms with Crippen molar-refractivity contribution in [1.82, 2.24) is 15.1 Å². The number of benzene rings is 2. The Morgan fingerprint density at radius 1 is 1.16 bits per heavy atom. The molecular formula is C24H24FN3O4. The van der Waals surface area contributed by atoms with E-state index in [1.165, 1.54) is 0 Å². The van der Waals surface area contributed by atoms with Gasteiger partial charge in [0.05, 0.1) is 23.8 Å². The smallest absolute Gasteiger partial charge is 0.255 e. The van der Waals surface area contributed by atoms with Crippen molar-refractivity contribution >= 4 is 5.91 Å². The molecule has 2 aromatic carbocycles. The Kier molecular flexibility index (Phi) is 4.60. The van der Waals surface area contributed by atoms with Crippen LogP contribution in [-0.4, -0.2) is 42.9 Å². The quantitative estimate of drug-likeness (QED) is 0.624. The van der Waals surface area contributed by atoms with Gasteiger partial charge >= 0.3 is 0 Å². The molecule has 1 saturated carbocycles. The summed E-state index contributed by atoms with van der Waals surface area (Å²) in [7, 11) is 0. The first-order valence-corrected chi connectivity index (χ1v) is 10.6. The Hall–Kier alpha value is -3.26. The second-order valence-electron chi connectivity index (χ2n) is 9.18. The van der Waals surface area contributed by atoms with Crippen LogP contribution in [0.15, 0.2) is 34.7 Å². The van der Waals surface area contributed by atoms with Gasteiger partial charge in [-0.05, 0) is 50.3 Å². The van der Waals surface area contributed by atoms with Crippen molar-refractivity contribution in [3.8, 4) is 28.3 Å². The van der Waals surface area contributed by atoms with Crippen LogP contribution in [0, 0.1) is 18.7 Å². The maximum absolute atomic E-state index is 15.1. The highest BCUT2D eigenvalue weighted by Crippen LogP contribution is 2.46. The van der Waals surface area contributed by atoms with E-state index in [1.807, 2.05) is 0 Å². The molecule has 1 aliphatic heterocycles. The fraction of sp³-hybridized carbons (Fsp3) is 0.375. The highest BCUT2D eigenvalue weighted by atomic mass is 19.1. The van der Waals surface area contributed by atoms with E-state index in [-0.39, 0.29) is 35.2 Å². The third-order valence-corrected chi connectivity index (χ3v) is 6.24. The van der Waals surface area contributed by atoms with Gasteiger partial charge in [0.15, 0.2) is 0 Å². The maximum Gasteiger partial charge on any atom is 0.255 e. The number of nitrogens with zero attached hydrogens (tertiary/aromatic N) is 3. The van der Waals surface area contributed by atoms with Crippen molar-refractivity contribution in [2.45, 2.75) is 51.8 Å². The minimum absolute atomic E-state index is 0.137. The lowest BCUT2D eigenvalue weighted by Crippen LogP contribution is -2.51. The zero-order valence-electron chi connectivity index (χ0n) is 18.1. The summed E-state index contributed by atoms with van der Waals surface area (Å²) in [5.41, 5.74) is 0.742. The van der Waals surface area contributed by atoms with Crippen LogP contribution in [0.4, 0.5) is 4.39 Å².